The van der Waals surface area contributed by atoms with Gasteiger partial charge in [-0.1, -0.05) is 36.4 Å². The Bertz CT molecular complexity index is 1270. The molecule has 3 aromatic rings. The highest BCUT2D eigenvalue weighted by Gasteiger charge is 2.41. The average Bonchev–Trinajstić information content (AvgIpc) is 3.48. The van der Waals surface area contributed by atoms with Crippen molar-refractivity contribution in [2.45, 2.75) is 19.8 Å². The van der Waals surface area contributed by atoms with Crippen molar-refractivity contribution < 1.29 is 14.3 Å². The van der Waals surface area contributed by atoms with Crippen LogP contribution in [0.25, 0.3) is 5.57 Å². The highest BCUT2D eigenvalue weighted by molar-refractivity contribution is 6.46. The van der Waals surface area contributed by atoms with E-state index in [1.165, 1.54) is 17.7 Å². The van der Waals surface area contributed by atoms with Crippen molar-refractivity contribution >= 4 is 34.4 Å². The molecule has 0 aromatic heterocycles. The van der Waals surface area contributed by atoms with Crippen molar-refractivity contribution in [1.82, 2.24) is 0 Å². The monoisotopic (exact) mass is 453 g/mol. The van der Waals surface area contributed by atoms with E-state index >= 15 is 0 Å². The highest BCUT2D eigenvalue weighted by Crippen LogP contribution is 2.38. The van der Waals surface area contributed by atoms with Gasteiger partial charge in [0.05, 0.1) is 18.4 Å². The molecule has 2 aliphatic rings. The Labute approximate surface area is 199 Å². The fraction of sp³-hybridized carbons (Fsp3) is 0.214. The van der Waals surface area contributed by atoms with Gasteiger partial charge < -0.3 is 15.0 Å². The lowest BCUT2D eigenvalue weighted by molar-refractivity contribution is -0.120. The SMILES string of the molecule is COc1ccccc1C1=C(Nc2ccc(N3CCCC3)cc2)C(=O)N(c2ccccc2C)C1=O. The Hall–Kier alpha value is -4.06. The summed E-state index contributed by atoms with van der Waals surface area (Å²) in [7, 11) is 1.56. The first-order valence-corrected chi connectivity index (χ1v) is 11.5. The van der Waals surface area contributed by atoms with Crippen LogP contribution in [0.1, 0.15) is 24.0 Å². The van der Waals surface area contributed by atoms with Gasteiger partial charge in [-0.05, 0) is 61.7 Å². The van der Waals surface area contributed by atoms with E-state index in [0.29, 0.717) is 22.6 Å². The second-order valence-corrected chi connectivity index (χ2v) is 8.55. The molecule has 3 aromatic carbocycles. The number of nitrogens with zero attached hydrogens (tertiary/aromatic N) is 2. The maximum atomic E-state index is 13.7. The number of para-hydroxylation sites is 2. The number of nitrogens with one attached hydrogen (secondary N) is 1. The maximum Gasteiger partial charge on any atom is 0.282 e. The summed E-state index contributed by atoms with van der Waals surface area (Å²) in [6.45, 7) is 4.02. The molecule has 0 radical (unpaired) electrons. The summed E-state index contributed by atoms with van der Waals surface area (Å²) in [5, 5.41) is 3.25. The predicted octanol–water partition coefficient (Wildman–Crippen LogP) is 5.00. The molecule has 0 saturated carbocycles. The fourth-order valence-corrected chi connectivity index (χ4v) is 4.66. The van der Waals surface area contributed by atoms with Crippen LogP contribution in [-0.4, -0.2) is 32.0 Å². The second-order valence-electron chi connectivity index (χ2n) is 8.55. The minimum atomic E-state index is -0.385. The third-order valence-electron chi connectivity index (χ3n) is 6.42. The first-order valence-electron chi connectivity index (χ1n) is 11.5. The Morgan fingerprint density at radius 1 is 0.824 bits per heavy atom. The number of carbonyl (C=O) groups excluding carboxylic acids is 2. The standard InChI is InChI=1S/C28H27N3O3/c1-19-9-3-5-11-23(19)31-27(32)25(22-10-4-6-12-24(22)34-2)26(28(31)33)29-20-13-15-21(16-14-20)30-17-7-8-18-30/h3-6,9-16,29H,7-8,17-18H2,1-2H3. The van der Waals surface area contributed by atoms with Crippen LogP contribution in [0, 0.1) is 6.92 Å². The third kappa shape index (κ3) is 3.81. The number of benzene rings is 3. The number of aryl methyl sites for hydroxylation is 1. The summed E-state index contributed by atoms with van der Waals surface area (Å²) in [6, 6.07) is 22.7. The second kappa shape index (κ2) is 9.06. The minimum Gasteiger partial charge on any atom is -0.496 e. The first-order chi connectivity index (χ1) is 16.6. The number of methoxy groups -OCH3 is 1. The minimum absolute atomic E-state index is 0.242. The van der Waals surface area contributed by atoms with Crippen molar-refractivity contribution in [3.63, 3.8) is 0 Å². The van der Waals surface area contributed by atoms with Crippen molar-refractivity contribution in [3.05, 3.63) is 89.6 Å². The van der Waals surface area contributed by atoms with Crippen LogP contribution >= 0.6 is 0 Å². The molecule has 0 spiro atoms. The maximum absolute atomic E-state index is 13.7. The van der Waals surface area contributed by atoms with E-state index in [-0.39, 0.29) is 17.5 Å². The molecule has 0 aliphatic carbocycles. The van der Waals surface area contributed by atoms with Crippen molar-refractivity contribution in [1.29, 1.82) is 0 Å². The van der Waals surface area contributed by atoms with Crippen molar-refractivity contribution in [2.75, 3.05) is 35.3 Å². The topological polar surface area (TPSA) is 61.9 Å². The molecule has 6 heteroatoms. The van der Waals surface area contributed by atoms with Gasteiger partial charge in [0.15, 0.2) is 0 Å². The fourth-order valence-electron chi connectivity index (χ4n) is 4.66. The summed E-state index contributed by atoms with van der Waals surface area (Å²) < 4.78 is 5.53. The quantitative estimate of drug-likeness (QED) is 0.532. The van der Waals surface area contributed by atoms with Crippen LogP contribution in [0.5, 0.6) is 5.75 Å². The van der Waals surface area contributed by atoms with Crippen LogP contribution in [-0.2, 0) is 9.59 Å². The molecule has 6 nitrogen and oxygen atoms in total. The highest BCUT2D eigenvalue weighted by atomic mass is 16.5. The molecule has 172 valence electrons. The molecular formula is C28H27N3O3. The number of ether oxygens (including phenoxy) is 1. The van der Waals surface area contributed by atoms with Crippen LogP contribution in [0.2, 0.25) is 0 Å². The molecule has 0 bridgehead atoms. The van der Waals surface area contributed by atoms with Gasteiger partial charge >= 0.3 is 0 Å². The van der Waals surface area contributed by atoms with Crippen molar-refractivity contribution in [2.24, 2.45) is 0 Å². The van der Waals surface area contributed by atoms with Gasteiger partial charge in [-0.2, -0.15) is 0 Å². The Kier molecular flexibility index (Phi) is 5.80. The number of carbonyl (C=O) groups is 2. The lowest BCUT2D eigenvalue weighted by atomic mass is 10.0. The van der Waals surface area contributed by atoms with E-state index in [2.05, 4.69) is 22.3 Å². The van der Waals surface area contributed by atoms with Gasteiger partial charge in [-0.3, -0.25) is 9.59 Å². The number of hydrogen-bond acceptors (Lipinski definition) is 5. The first kappa shape index (κ1) is 21.8. The van der Waals surface area contributed by atoms with Crippen LogP contribution in [0.3, 0.4) is 0 Å². The van der Waals surface area contributed by atoms with Gasteiger partial charge in [0, 0.05) is 30.0 Å². The van der Waals surface area contributed by atoms with Gasteiger partial charge in [0.1, 0.15) is 11.4 Å². The van der Waals surface area contributed by atoms with E-state index in [1.807, 2.05) is 49.4 Å². The third-order valence-corrected chi connectivity index (χ3v) is 6.42. The molecule has 0 atom stereocenters. The molecule has 5 rings (SSSR count). The normalized spacial score (nSPS) is 15.9. The molecule has 2 aliphatic heterocycles. The van der Waals surface area contributed by atoms with E-state index in [1.54, 1.807) is 25.3 Å². The van der Waals surface area contributed by atoms with Crippen LogP contribution in [0.15, 0.2) is 78.5 Å². The van der Waals surface area contributed by atoms with Gasteiger partial charge in [-0.15, -0.1) is 0 Å². The molecule has 1 fully saturated rings. The van der Waals surface area contributed by atoms with Crippen LogP contribution < -0.4 is 19.9 Å². The molecule has 2 heterocycles. The Morgan fingerprint density at radius 2 is 1.50 bits per heavy atom. The molecule has 1 saturated heterocycles. The molecular weight excluding hydrogens is 426 g/mol. The summed E-state index contributed by atoms with van der Waals surface area (Å²) in [6.07, 6.45) is 2.42. The van der Waals surface area contributed by atoms with Gasteiger partial charge in [0.2, 0.25) is 0 Å². The summed E-state index contributed by atoms with van der Waals surface area (Å²) in [5.41, 5.74) is 4.46. The summed E-state index contributed by atoms with van der Waals surface area (Å²) >= 11 is 0. The molecule has 1 N–H and O–H groups in total. The number of anilines is 3. The predicted molar refractivity (Wildman–Crippen MR) is 135 cm³/mol. The number of imide groups is 1. The molecule has 0 unspecified atom stereocenters. The summed E-state index contributed by atoms with van der Waals surface area (Å²) in [5.74, 6) is -0.224. The lowest BCUT2D eigenvalue weighted by Crippen LogP contribution is -2.33. The van der Waals surface area contributed by atoms with Crippen molar-refractivity contribution in [3.8, 4) is 5.75 Å². The smallest absolute Gasteiger partial charge is 0.282 e. The van der Waals surface area contributed by atoms with E-state index < -0.39 is 0 Å². The zero-order chi connectivity index (χ0) is 23.7. The van der Waals surface area contributed by atoms with Crippen LogP contribution in [0.4, 0.5) is 17.1 Å². The van der Waals surface area contributed by atoms with E-state index in [4.69, 9.17) is 4.74 Å². The molecule has 34 heavy (non-hydrogen) atoms. The van der Waals surface area contributed by atoms with Gasteiger partial charge in [0.25, 0.3) is 11.8 Å². The lowest BCUT2D eigenvalue weighted by Gasteiger charge is -2.19. The Morgan fingerprint density at radius 3 is 2.21 bits per heavy atom. The number of rotatable bonds is 6. The zero-order valence-corrected chi connectivity index (χ0v) is 19.4. The van der Waals surface area contributed by atoms with Gasteiger partial charge in [-0.25, -0.2) is 4.90 Å². The average molecular weight is 454 g/mol. The number of amides is 2. The number of hydrogen-bond donors (Lipinski definition) is 1. The summed E-state index contributed by atoms with van der Waals surface area (Å²) in [4.78, 5) is 31.0. The molecule has 2 amide bonds. The zero-order valence-electron chi connectivity index (χ0n) is 19.4. The van der Waals surface area contributed by atoms with E-state index in [9.17, 15) is 9.59 Å². The van der Waals surface area contributed by atoms with E-state index in [0.717, 1.165) is 30.0 Å². The largest absolute Gasteiger partial charge is 0.496 e. The Balaban J connectivity index is 1.56.